The number of thiazole rings is 1. The number of nitrogens with zero attached hydrogens (tertiary/aromatic N) is 2. The maximum absolute atomic E-state index is 15.5. The molecule has 212 valence electrons. The molecule has 0 atom stereocenters. The topological polar surface area (TPSA) is 52.0 Å². The minimum atomic E-state index is -0.633. The highest BCUT2D eigenvalue weighted by atomic mass is 127. The molecule has 2 aromatic heterocycles. The van der Waals surface area contributed by atoms with Crippen LogP contribution in [0, 0.1) is 42.9 Å². The molecule has 0 spiro atoms. The molecule has 0 saturated heterocycles. The van der Waals surface area contributed by atoms with E-state index >= 15 is 8.78 Å². The number of rotatable bonds is 3. The number of ketones is 2. The van der Waals surface area contributed by atoms with Gasteiger partial charge in [0, 0.05) is 11.1 Å². The Balaban J connectivity index is 1.46. The van der Waals surface area contributed by atoms with Crippen LogP contribution >= 0.6 is 33.9 Å². The fraction of sp³-hybridized carbons (Fsp3) is 0.114. The molecule has 43 heavy (non-hydrogen) atoms. The molecular weight excluding hydrogens is 677 g/mol. The molecule has 0 N–H and O–H groups in total. The van der Waals surface area contributed by atoms with Gasteiger partial charge in [0.2, 0.25) is 0 Å². The normalized spacial score (nSPS) is 13.0. The standard InChI is InChI=1S/C35H23F2IN2O2S/c1-16-8-7-9-17(2)31(16)40-22(14-25-32(41)23-12-20-10-5-6-11-21(20)13-24(23)33(25)42)15-26-34(40)39-35(43-26)27-28(36)18(3)19(4)30(38)29(27)37/h5-15H,1-4H3. The van der Waals surface area contributed by atoms with E-state index in [1.165, 1.54) is 11.3 Å². The summed E-state index contributed by atoms with van der Waals surface area (Å²) in [4.78, 5) is 32.0. The summed E-state index contributed by atoms with van der Waals surface area (Å²) in [5.74, 6) is -1.91. The Kier molecular flexibility index (Phi) is 6.48. The van der Waals surface area contributed by atoms with Crippen molar-refractivity contribution in [3.05, 3.63) is 121 Å². The highest BCUT2D eigenvalue weighted by Crippen LogP contribution is 2.41. The van der Waals surface area contributed by atoms with Gasteiger partial charge in [0.05, 0.1) is 30.8 Å². The van der Waals surface area contributed by atoms with Crippen LogP contribution in [-0.2, 0) is 0 Å². The maximum Gasteiger partial charge on any atom is 0.197 e. The number of benzene rings is 4. The van der Waals surface area contributed by atoms with Gasteiger partial charge in [0.1, 0.15) is 16.6 Å². The first-order chi connectivity index (χ1) is 20.6. The number of halogens is 3. The van der Waals surface area contributed by atoms with Crippen LogP contribution in [0.1, 0.15) is 48.7 Å². The molecule has 0 saturated carbocycles. The first-order valence-electron chi connectivity index (χ1n) is 13.6. The van der Waals surface area contributed by atoms with Crippen LogP contribution in [0.5, 0.6) is 0 Å². The van der Waals surface area contributed by atoms with Crippen molar-refractivity contribution < 1.29 is 18.4 Å². The smallest absolute Gasteiger partial charge is 0.197 e. The van der Waals surface area contributed by atoms with Crippen LogP contribution in [0.15, 0.2) is 66.2 Å². The van der Waals surface area contributed by atoms with Crippen molar-refractivity contribution in [3.63, 3.8) is 0 Å². The summed E-state index contributed by atoms with van der Waals surface area (Å²) < 4.78 is 33.9. The number of carbonyl (C=O) groups is 2. The third-order valence-corrected chi connectivity index (χ3v) is 10.6. The van der Waals surface area contributed by atoms with E-state index < -0.39 is 11.6 Å². The number of allylic oxidation sites excluding steroid dienone is 1. The van der Waals surface area contributed by atoms with Crippen LogP contribution < -0.4 is 0 Å². The molecule has 0 unspecified atom stereocenters. The van der Waals surface area contributed by atoms with Crippen molar-refractivity contribution in [1.82, 2.24) is 9.55 Å². The number of para-hydroxylation sites is 1. The molecule has 0 amide bonds. The van der Waals surface area contributed by atoms with Crippen LogP contribution in [0.4, 0.5) is 8.78 Å². The maximum atomic E-state index is 15.5. The summed E-state index contributed by atoms with van der Waals surface area (Å²) in [5, 5.41) is 2.01. The lowest BCUT2D eigenvalue weighted by Gasteiger charge is -2.14. The lowest BCUT2D eigenvalue weighted by molar-refractivity contribution is 0.0990. The number of aromatic nitrogens is 2. The van der Waals surface area contributed by atoms with Gasteiger partial charge in [-0.15, -0.1) is 11.3 Å². The van der Waals surface area contributed by atoms with Gasteiger partial charge in [0.15, 0.2) is 17.2 Å². The molecule has 8 heteroatoms. The Bertz CT molecular complexity index is 2150. The Labute approximate surface area is 263 Å². The van der Waals surface area contributed by atoms with Gasteiger partial charge in [0.25, 0.3) is 0 Å². The van der Waals surface area contributed by atoms with Crippen molar-refractivity contribution in [2.75, 3.05) is 0 Å². The van der Waals surface area contributed by atoms with Gasteiger partial charge in [-0.3, -0.25) is 14.2 Å². The van der Waals surface area contributed by atoms with E-state index in [1.807, 2.05) is 89.5 Å². The first-order valence-corrected chi connectivity index (χ1v) is 15.5. The summed E-state index contributed by atoms with van der Waals surface area (Å²) in [7, 11) is 0. The lowest BCUT2D eigenvalue weighted by atomic mass is 10.0. The second kappa shape index (κ2) is 10.0. The summed E-state index contributed by atoms with van der Waals surface area (Å²) in [6, 6.07) is 18.9. The molecular formula is C35H23F2IN2O2S. The van der Waals surface area contributed by atoms with Crippen LogP contribution in [0.3, 0.4) is 0 Å². The quantitative estimate of drug-likeness (QED) is 0.0800. The molecule has 1 aliphatic rings. The largest absolute Gasteiger partial charge is 0.293 e. The highest BCUT2D eigenvalue weighted by Gasteiger charge is 2.34. The molecule has 0 fully saturated rings. The zero-order valence-electron chi connectivity index (χ0n) is 23.6. The first kappa shape index (κ1) is 27.8. The van der Waals surface area contributed by atoms with Gasteiger partial charge >= 0.3 is 0 Å². The molecule has 0 radical (unpaired) electrons. The van der Waals surface area contributed by atoms with E-state index in [0.29, 0.717) is 41.9 Å². The number of aryl methyl sites for hydroxylation is 2. The van der Waals surface area contributed by atoms with Crippen LogP contribution in [-0.4, -0.2) is 21.1 Å². The second-order valence-electron chi connectivity index (χ2n) is 10.9. The molecule has 0 bridgehead atoms. The predicted molar refractivity (Wildman–Crippen MR) is 177 cm³/mol. The van der Waals surface area contributed by atoms with E-state index in [0.717, 1.165) is 27.6 Å². The zero-order valence-corrected chi connectivity index (χ0v) is 26.6. The van der Waals surface area contributed by atoms with Crippen LogP contribution in [0.25, 0.3) is 43.5 Å². The predicted octanol–water partition coefficient (Wildman–Crippen LogP) is 9.49. The van der Waals surface area contributed by atoms with Crippen molar-refractivity contribution in [3.8, 4) is 16.3 Å². The van der Waals surface area contributed by atoms with E-state index in [2.05, 4.69) is 0 Å². The van der Waals surface area contributed by atoms with E-state index in [4.69, 9.17) is 4.98 Å². The molecule has 1 aliphatic carbocycles. The molecule has 2 heterocycles. The van der Waals surface area contributed by atoms with E-state index in [1.54, 1.807) is 32.1 Å². The van der Waals surface area contributed by atoms with E-state index in [-0.39, 0.29) is 27.7 Å². The van der Waals surface area contributed by atoms with Gasteiger partial charge in [-0.1, -0.05) is 42.5 Å². The number of Topliss-reactive ketones (excluding diaryl/α,β-unsaturated/α-hetero) is 2. The highest BCUT2D eigenvalue weighted by molar-refractivity contribution is 14.1. The molecule has 7 rings (SSSR count). The second-order valence-corrected chi connectivity index (χ2v) is 13.0. The van der Waals surface area contributed by atoms with Crippen LogP contribution in [0.2, 0.25) is 0 Å². The Morgan fingerprint density at radius 3 is 2.02 bits per heavy atom. The molecule has 0 aliphatic heterocycles. The SMILES string of the molecule is Cc1cccc(C)c1-n1c(C=C2C(=O)c3cc4ccccc4cc3C2=O)cc2sc(-c3c(F)c(C)c(C)c(I)c3F)nc21. The third-order valence-electron chi connectivity index (χ3n) is 8.27. The van der Waals surface area contributed by atoms with Crippen molar-refractivity contribution in [2.45, 2.75) is 27.7 Å². The Hall–Kier alpha value is -4.02. The average Bonchev–Trinajstić information content (AvgIpc) is 3.61. The number of carbonyl (C=O) groups excluding carboxylic acids is 2. The molecule has 6 aromatic rings. The lowest BCUT2D eigenvalue weighted by Crippen LogP contribution is -2.06. The Morgan fingerprint density at radius 2 is 1.42 bits per heavy atom. The van der Waals surface area contributed by atoms with E-state index in [9.17, 15) is 9.59 Å². The Morgan fingerprint density at radius 1 is 0.814 bits per heavy atom. The van der Waals surface area contributed by atoms with Gasteiger partial charge in [-0.2, -0.15) is 0 Å². The summed E-state index contributed by atoms with van der Waals surface area (Å²) >= 11 is 3.08. The van der Waals surface area contributed by atoms with Crippen molar-refractivity contribution >= 4 is 72.7 Å². The van der Waals surface area contributed by atoms with Gasteiger partial charge in [-0.05, 0) is 108 Å². The molecule has 4 nitrogen and oxygen atoms in total. The van der Waals surface area contributed by atoms with Crippen molar-refractivity contribution in [1.29, 1.82) is 0 Å². The number of fused-ring (bicyclic) bond motifs is 3. The van der Waals surface area contributed by atoms with Gasteiger partial charge < -0.3 is 0 Å². The minimum absolute atomic E-state index is 0.0731. The number of hydrogen-bond donors (Lipinski definition) is 0. The van der Waals surface area contributed by atoms with Gasteiger partial charge in [-0.25, -0.2) is 13.8 Å². The summed E-state index contributed by atoms with van der Waals surface area (Å²) in [6.45, 7) is 7.28. The average molecular weight is 701 g/mol. The third kappa shape index (κ3) is 4.14. The number of hydrogen-bond acceptors (Lipinski definition) is 4. The summed E-state index contributed by atoms with van der Waals surface area (Å²) in [5.41, 5.74) is 5.46. The fourth-order valence-corrected chi connectivity index (χ4v) is 7.57. The fourth-order valence-electron chi connectivity index (χ4n) is 5.87. The minimum Gasteiger partial charge on any atom is -0.293 e. The van der Waals surface area contributed by atoms with Crippen molar-refractivity contribution in [2.24, 2.45) is 0 Å². The monoisotopic (exact) mass is 700 g/mol. The molecule has 4 aromatic carbocycles. The zero-order chi connectivity index (χ0) is 30.3. The summed E-state index contributed by atoms with van der Waals surface area (Å²) in [6.07, 6.45) is 1.62.